The second-order valence-corrected chi connectivity index (χ2v) is 19.6. The van der Waals surface area contributed by atoms with Gasteiger partial charge < -0.3 is 9.80 Å². The van der Waals surface area contributed by atoms with E-state index in [-0.39, 0.29) is 5.41 Å². The summed E-state index contributed by atoms with van der Waals surface area (Å²) in [6.07, 6.45) is 22.4. The molecule has 0 saturated carbocycles. The van der Waals surface area contributed by atoms with E-state index in [1.54, 1.807) is 22.3 Å². The lowest BCUT2D eigenvalue weighted by molar-refractivity contribution is 0.407. The van der Waals surface area contributed by atoms with Gasteiger partial charge in [0.05, 0.1) is 0 Å². The van der Waals surface area contributed by atoms with Crippen LogP contribution < -0.4 is 9.80 Å². The number of hydrogen-bond acceptors (Lipinski definition) is 2. The number of para-hydroxylation sites is 2. The number of anilines is 5. The smallest absolute Gasteiger partial charge is 0.0465 e. The summed E-state index contributed by atoms with van der Waals surface area (Å²) in [6, 6.07) is 60.5. The molecule has 324 valence electrons. The van der Waals surface area contributed by atoms with Crippen molar-refractivity contribution in [3.8, 4) is 11.1 Å². The van der Waals surface area contributed by atoms with E-state index in [0.29, 0.717) is 5.92 Å². The Hall–Kier alpha value is -6.38. The highest BCUT2D eigenvalue weighted by atomic mass is 15.2. The molecule has 0 N–H and O–H groups in total. The van der Waals surface area contributed by atoms with Gasteiger partial charge in [-0.2, -0.15) is 0 Å². The van der Waals surface area contributed by atoms with Gasteiger partial charge in [0.15, 0.2) is 0 Å². The molecule has 0 bridgehead atoms. The van der Waals surface area contributed by atoms with Crippen LogP contribution in [0.25, 0.3) is 11.1 Å². The number of rotatable bonds is 16. The summed E-state index contributed by atoms with van der Waals surface area (Å²) in [6.45, 7) is 4.54. The van der Waals surface area contributed by atoms with Crippen molar-refractivity contribution >= 4 is 28.4 Å². The van der Waals surface area contributed by atoms with Crippen LogP contribution in [0, 0.1) is 12.8 Å². The van der Waals surface area contributed by atoms with Gasteiger partial charge in [0.25, 0.3) is 0 Å². The molecule has 0 heterocycles. The zero-order valence-electron chi connectivity index (χ0n) is 38.4. The Morgan fingerprint density at radius 2 is 1.00 bits per heavy atom. The highest BCUT2D eigenvalue weighted by Crippen LogP contribution is 2.57. The van der Waals surface area contributed by atoms with Crippen LogP contribution in [-0.4, -0.2) is 0 Å². The summed E-state index contributed by atoms with van der Waals surface area (Å²) in [7, 11) is 0. The lowest BCUT2D eigenvalue weighted by Gasteiger charge is -2.35. The first-order valence-electron chi connectivity index (χ1n) is 24.7. The normalized spacial score (nSPS) is 16.0. The maximum absolute atomic E-state index is 2.61. The number of aryl methyl sites for hydroxylation is 7. The summed E-state index contributed by atoms with van der Waals surface area (Å²) in [5, 5.41) is 0. The molecule has 0 amide bonds. The van der Waals surface area contributed by atoms with Crippen LogP contribution >= 0.6 is 0 Å². The van der Waals surface area contributed by atoms with E-state index in [2.05, 4.69) is 200 Å². The van der Waals surface area contributed by atoms with Crippen LogP contribution in [-0.2, 0) is 43.9 Å². The zero-order chi connectivity index (χ0) is 43.7. The van der Waals surface area contributed by atoms with Crippen LogP contribution in [0.3, 0.4) is 0 Å². The molecule has 4 aliphatic rings. The van der Waals surface area contributed by atoms with Gasteiger partial charge in [0.1, 0.15) is 0 Å². The Morgan fingerprint density at radius 1 is 0.477 bits per heavy atom. The highest BCUT2D eigenvalue weighted by Gasteiger charge is 2.43. The highest BCUT2D eigenvalue weighted by molar-refractivity contribution is 5.88. The van der Waals surface area contributed by atoms with E-state index in [1.807, 2.05) is 0 Å². The molecule has 4 aliphatic carbocycles. The number of nitrogens with zero attached hydrogens (tertiary/aromatic N) is 2. The van der Waals surface area contributed by atoms with Crippen molar-refractivity contribution in [2.75, 3.05) is 9.80 Å². The van der Waals surface area contributed by atoms with E-state index in [4.69, 9.17) is 0 Å². The first-order valence-corrected chi connectivity index (χ1v) is 24.7. The third-order valence-corrected chi connectivity index (χ3v) is 15.1. The number of allylic oxidation sites excluding steroid dienone is 3. The summed E-state index contributed by atoms with van der Waals surface area (Å²) in [4.78, 5) is 4.99. The lowest BCUT2D eigenvalue weighted by atomic mass is 9.70. The summed E-state index contributed by atoms with van der Waals surface area (Å²) >= 11 is 0. The van der Waals surface area contributed by atoms with Crippen molar-refractivity contribution in [2.24, 2.45) is 5.92 Å². The van der Waals surface area contributed by atoms with E-state index >= 15 is 0 Å². The van der Waals surface area contributed by atoms with Crippen molar-refractivity contribution in [1.29, 1.82) is 0 Å². The fourth-order valence-electron chi connectivity index (χ4n) is 11.5. The van der Waals surface area contributed by atoms with E-state index in [0.717, 1.165) is 32.1 Å². The quantitative estimate of drug-likeness (QED) is 0.0894. The van der Waals surface area contributed by atoms with Gasteiger partial charge in [-0.1, -0.05) is 129 Å². The maximum Gasteiger partial charge on any atom is 0.0465 e. The predicted molar refractivity (Wildman–Crippen MR) is 274 cm³/mol. The number of benzene rings is 7. The van der Waals surface area contributed by atoms with E-state index < -0.39 is 0 Å². The van der Waals surface area contributed by atoms with Gasteiger partial charge in [0, 0.05) is 39.5 Å². The molecule has 7 aromatic rings. The van der Waals surface area contributed by atoms with Crippen LogP contribution in [0.2, 0.25) is 0 Å². The molecule has 11 rings (SSSR count). The third kappa shape index (κ3) is 8.18. The Labute approximate surface area is 388 Å². The SMILES string of the molecule is Cc1cccc(N(c2ccccc2)c2ccc3c(c2)C(CCCCc2ccc4c(c2)CC4)(CCCCc2ccc4c(c2)CC4)c2cc(N(C4=CC(C)CC=C4)c4ccccc4)ccc2-3)c1. The van der Waals surface area contributed by atoms with Crippen LogP contribution in [0.1, 0.15) is 102 Å². The van der Waals surface area contributed by atoms with Crippen LogP contribution in [0.4, 0.5) is 28.4 Å². The van der Waals surface area contributed by atoms with Gasteiger partial charge in [-0.25, -0.2) is 0 Å². The maximum atomic E-state index is 2.61. The molecular formula is C63H62N2. The summed E-state index contributed by atoms with van der Waals surface area (Å²) < 4.78 is 0. The minimum atomic E-state index is -0.154. The minimum Gasteiger partial charge on any atom is -0.311 e. The average molecular weight is 847 g/mol. The molecular weight excluding hydrogens is 785 g/mol. The minimum absolute atomic E-state index is 0.154. The lowest BCUT2D eigenvalue weighted by Crippen LogP contribution is -2.27. The molecule has 0 fully saturated rings. The largest absolute Gasteiger partial charge is 0.311 e. The molecule has 2 heteroatoms. The second kappa shape index (κ2) is 17.9. The predicted octanol–water partition coefficient (Wildman–Crippen LogP) is 16.4. The van der Waals surface area contributed by atoms with Crippen molar-refractivity contribution in [3.05, 3.63) is 232 Å². The standard InChI is InChI=1S/C63H62N2/c1-45-15-13-23-55(39-45)64(53-19-5-3-6-20-53)57-33-35-59-60-36-34-58(65(54-21-7-4-8-22-54)56-24-14-16-46(2)40-56)44-62(60)63(61(59)43-57,37-11-9-17-47-25-27-49-29-31-51(49)41-47)38-12-10-18-48-26-28-50-30-32-52(50)42-48/h3-8,13-15,19-28,33-36,39-44,46H,9-12,16-18,29-32,37-38H2,1-2H3. The van der Waals surface area contributed by atoms with Crippen LogP contribution in [0.15, 0.2) is 182 Å². The molecule has 1 atom stereocenters. The average Bonchev–Trinajstić information content (AvgIpc) is 3.57. The zero-order valence-corrected chi connectivity index (χ0v) is 38.4. The van der Waals surface area contributed by atoms with Gasteiger partial charge in [-0.3, -0.25) is 0 Å². The Kier molecular flexibility index (Phi) is 11.4. The summed E-state index contributed by atoms with van der Waals surface area (Å²) in [5.41, 5.74) is 23.5. The number of fused-ring (bicyclic) bond motifs is 5. The molecule has 0 saturated heterocycles. The number of unbranched alkanes of at least 4 members (excludes halogenated alkanes) is 2. The topological polar surface area (TPSA) is 6.48 Å². The van der Waals surface area contributed by atoms with Gasteiger partial charge in [0.2, 0.25) is 0 Å². The number of hydrogen-bond donors (Lipinski definition) is 0. The Morgan fingerprint density at radius 3 is 1.52 bits per heavy atom. The van der Waals surface area contributed by atoms with Crippen molar-refractivity contribution in [2.45, 2.75) is 103 Å². The monoisotopic (exact) mass is 846 g/mol. The second-order valence-electron chi connectivity index (χ2n) is 19.6. The molecule has 2 nitrogen and oxygen atoms in total. The van der Waals surface area contributed by atoms with Crippen molar-refractivity contribution < 1.29 is 0 Å². The molecule has 0 spiro atoms. The fourth-order valence-corrected chi connectivity index (χ4v) is 11.5. The van der Waals surface area contributed by atoms with Crippen molar-refractivity contribution in [3.63, 3.8) is 0 Å². The van der Waals surface area contributed by atoms with Crippen LogP contribution in [0.5, 0.6) is 0 Å². The fraction of sp³-hybridized carbons (Fsp3) is 0.270. The molecule has 0 aliphatic heterocycles. The van der Waals surface area contributed by atoms with Gasteiger partial charge in [-0.05, 0) is 211 Å². The van der Waals surface area contributed by atoms with Crippen molar-refractivity contribution in [1.82, 2.24) is 0 Å². The molecule has 0 radical (unpaired) electrons. The first kappa shape index (κ1) is 41.3. The third-order valence-electron chi connectivity index (χ3n) is 15.1. The summed E-state index contributed by atoms with van der Waals surface area (Å²) in [5.74, 6) is 0.487. The molecule has 1 unspecified atom stereocenters. The molecule has 0 aromatic heterocycles. The molecule has 7 aromatic carbocycles. The van der Waals surface area contributed by atoms with Gasteiger partial charge in [-0.15, -0.1) is 0 Å². The Balaban J connectivity index is 1.03. The van der Waals surface area contributed by atoms with E-state index in [1.165, 1.54) is 124 Å². The molecule has 65 heavy (non-hydrogen) atoms. The van der Waals surface area contributed by atoms with Gasteiger partial charge >= 0.3 is 0 Å². The Bertz CT molecular complexity index is 2840. The first-order chi connectivity index (χ1) is 32.0. The van der Waals surface area contributed by atoms with E-state index in [9.17, 15) is 0 Å².